The molecule has 0 amide bonds. The highest BCUT2D eigenvalue weighted by atomic mass is 16.5. The van der Waals surface area contributed by atoms with Crippen molar-refractivity contribution in [2.45, 2.75) is 64.9 Å². The SMILES string of the molecule is CCCCCCCCC(C)OC(=O)c1cccc(OC)c1. The minimum atomic E-state index is -0.271. The number of hydrogen-bond donors (Lipinski definition) is 0. The zero-order chi connectivity index (χ0) is 15.5. The molecule has 0 bridgehead atoms. The number of methoxy groups -OCH3 is 1. The summed E-state index contributed by atoms with van der Waals surface area (Å²) in [7, 11) is 1.59. The van der Waals surface area contributed by atoms with Gasteiger partial charge in [-0.15, -0.1) is 0 Å². The fraction of sp³-hybridized carbons (Fsp3) is 0.611. The van der Waals surface area contributed by atoms with E-state index in [-0.39, 0.29) is 12.1 Å². The number of rotatable bonds is 10. The molecule has 0 N–H and O–H groups in total. The van der Waals surface area contributed by atoms with E-state index in [2.05, 4.69) is 6.92 Å². The molecule has 0 aliphatic heterocycles. The van der Waals surface area contributed by atoms with E-state index in [1.54, 1.807) is 25.3 Å². The maximum atomic E-state index is 12.0. The van der Waals surface area contributed by atoms with Crippen LogP contribution in [0.4, 0.5) is 0 Å². The maximum Gasteiger partial charge on any atom is 0.338 e. The third kappa shape index (κ3) is 7.16. The molecule has 0 heterocycles. The van der Waals surface area contributed by atoms with E-state index in [4.69, 9.17) is 9.47 Å². The van der Waals surface area contributed by atoms with E-state index in [9.17, 15) is 4.79 Å². The van der Waals surface area contributed by atoms with Gasteiger partial charge in [-0.05, 0) is 38.0 Å². The van der Waals surface area contributed by atoms with Gasteiger partial charge < -0.3 is 9.47 Å². The first-order chi connectivity index (χ1) is 10.2. The number of esters is 1. The van der Waals surface area contributed by atoms with Crippen LogP contribution >= 0.6 is 0 Å². The van der Waals surface area contributed by atoms with Crippen LogP contribution in [0.15, 0.2) is 24.3 Å². The molecule has 0 aliphatic rings. The van der Waals surface area contributed by atoms with Crippen molar-refractivity contribution in [2.24, 2.45) is 0 Å². The molecular weight excluding hydrogens is 264 g/mol. The van der Waals surface area contributed by atoms with Crippen LogP contribution in [-0.2, 0) is 4.74 Å². The van der Waals surface area contributed by atoms with Crippen molar-refractivity contribution >= 4 is 5.97 Å². The largest absolute Gasteiger partial charge is 0.497 e. The fourth-order valence-corrected chi connectivity index (χ4v) is 2.27. The van der Waals surface area contributed by atoms with Crippen molar-refractivity contribution in [3.8, 4) is 5.75 Å². The second-order valence-electron chi connectivity index (χ2n) is 5.50. The smallest absolute Gasteiger partial charge is 0.338 e. The minimum absolute atomic E-state index is 0.0325. The molecule has 1 aromatic rings. The van der Waals surface area contributed by atoms with Crippen LogP contribution in [-0.4, -0.2) is 19.2 Å². The van der Waals surface area contributed by atoms with Gasteiger partial charge in [0.05, 0.1) is 18.8 Å². The Kier molecular flexibility index (Phi) is 8.56. The first kappa shape index (κ1) is 17.5. The monoisotopic (exact) mass is 292 g/mol. The molecule has 1 aromatic carbocycles. The lowest BCUT2D eigenvalue weighted by Gasteiger charge is -2.13. The van der Waals surface area contributed by atoms with Gasteiger partial charge in [-0.1, -0.05) is 45.1 Å². The van der Waals surface area contributed by atoms with Gasteiger partial charge in [0.15, 0.2) is 0 Å². The lowest BCUT2D eigenvalue weighted by atomic mass is 10.1. The first-order valence-corrected chi connectivity index (χ1v) is 8.02. The van der Waals surface area contributed by atoms with Crippen LogP contribution in [0, 0.1) is 0 Å². The molecule has 21 heavy (non-hydrogen) atoms. The molecule has 0 saturated carbocycles. The predicted octanol–water partition coefficient (Wildman–Crippen LogP) is 4.99. The van der Waals surface area contributed by atoms with Crippen LogP contribution in [0.5, 0.6) is 5.75 Å². The van der Waals surface area contributed by atoms with Crippen LogP contribution < -0.4 is 4.74 Å². The topological polar surface area (TPSA) is 35.5 Å². The third-order valence-electron chi connectivity index (χ3n) is 3.58. The van der Waals surface area contributed by atoms with Gasteiger partial charge in [0, 0.05) is 0 Å². The summed E-state index contributed by atoms with van der Waals surface area (Å²) in [6, 6.07) is 7.08. The van der Waals surface area contributed by atoms with Gasteiger partial charge >= 0.3 is 5.97 Å². The van der Waals surface area contributed by atoms with Crippen molar-refractivity contribution in [1.29, 1.82) is 0 Å². The van der Waals surface area contributed by atoms with Gasteiger partial charge in [0.1, 0.15) is 5.75 Å². The van der Waals surface area contributed by atoms with E-state index in [1.807, 2.05) is 13.0 Å². The summed E-state index contributed by atoms with van der Waals surface area (Å²) >= 11 is 0. The molecule has 0 spiro atoms. The Labute approximate surface area is 128 Å². The highest BCUT2D eigenvalue weighted by Crippen LogP contribution is 2.15. The van der Waals surface area contributed by atoms with Gasteiger partial charge in [0.2, 0.25) is 0 Å². The average molecular weight is 292 g/mol. The Balaban J connectivity index is 2.26. The molecule has 3 nitrogen and oxygen atoms in total. The number of hydrogen-bond acceptors (Lipinski definition) is 3. The predicted molar refractivity (Wildman–Crippen MR) is 85.9 cm³/mol. The number of benzene rings is 1. The zero-order valence-electron chi connectivity index (χ0n) is 13.6. The Hall–Kier alpha value is -1.51. The number of carbonyl (C=O) groups is 1. The van der Waals surface area contributed by atoms with E-state index in [0.29, 0.717) is 11.3 Å². The molecule has 0 radical (unpaired) electrons. The lowest BCUT2D eigenvalue weighted by Crippen LogP contribution is -2.15. The molecule has 118 valence electrons. The molecule has 0 fully saturated rings. The molecular formula is C18H28O3. The zero-order valence-corrected chi connectivity index (χ0v) is 13.6. The Morgan fingerprint density at radius 2 is 1.86 bits per heavy atom. The van der Waals surface area contributed by atoms with Crippen molar-refractivity contribution in [2.75, 3.05) is 7.11 Å². The van der Waals surface area contributed by atoms with E-state index >= 15 is 0 Å². The maximum absolute atomic E-state index is 12.0. The molecule has 1 atom stereocenters. The van der Waals surface area contributed by atoms with E-state index in [0.717, 1.165) is 12.8 Å². The molecule has 1 rings (SSSR count). The van der Waals surface area contributed by atoms with Crippen molar-refractivity contribution < 1.29 is 14.3 Å². The quantitative estimate of drug-likeness (QED) is 0.450. The summed E-state index contributed by atoms with van der Waals surface area (Å²) in [5, 5.41) is 0. The van der Waals surface area contributed by atoms with E-state index < -0.39 is 0 Å². The number of ether oxygens (including phenoxy) is 2. The van der Waals surface area contributed by atoms with Crippen LogP contribution in [0.3, 0.4) is 0 Å². The molecule has 0 aliphatic carbocycles. The van der Waals surface area contributed by atoms with Crippen molar-refractivity contribution in [3.63, 3.8) is 0 Å². The summed E-state index contributed by atoms with van der Waals surface area (Å²) < 4.78 is 10.6. The second kappa shape index (κ2) is 10.3. The Morgan fingerprint density at radius 1 is 1.14 bits per heavy atom. The molecule has 0 aromatic heterocycles. The highest BCUT2D eigenvalue weighted by Gasteiger charge is 2.12. The Morgan fingerprint density at radius 3 is 2.57 bits per heavy atom. The number of unbranched alkanes of at least 4 members (excludes halogenated alkanes) is 5. The standard InChI is InChI=1S/C18H28O3/c1-4-5-6-7-8-9-11-15(2)21-18(19)16-12-10-13-17(14-16)20-3/h10,12-15H,4-9,11H2,1-3H3. The van der Waals surface area contributed by atoms with Crippen molar-refractivity contribution in [1.82, 2.24) is 0 Å². The van der Waals surface area contributed by atoms with Gasteiger partial charge in [-0.2, -0.15) is 0 Å². The van der Waals surface area contributed by atoms with Crippen molar-refractivity contribution in [3.05, 3.63) is 29.8 Å². The minimum Gasteiger partial charge on any atom is -0.497 e. The van der Waals surface area contributed by atoms with Gasteiger partial charge in [0.25, 0.3) is 0 Å². The first-order valence-electron chi connectivity index (χ1n) is 8.02. The summed E-state index contributed by atoms with van der Waals surface area (Å²) in [5.41, 5.74) is 0.546. The van der Waals surface area contributed by atoms with Crippen LogP contribution in [0.1, 0.15) is 69.2 Å². The third-order valence-corrected chi connectivity index (χ3v) is 3.58. The van der Waals surface area contributed by atoms with Gasteiger partial charge in [-0.3, -0.25) is 0 Å². The summed E-state index contributed by atoms with van der Waals surface area (Å²) in [6.07, 6.45) is 8.43. The van der Waals surface area contributed by atoms with Crippen LogP contribution in [0.25, 0.3) is 0 Å². The fourth-order valence-electron chi connectivity index (χ4n) is 2.27. The normalized spacial score (nSPS) is 12.0. The molecule has 0 saturated heterocycles. The number of carbonyl (C=O) groups excluding carboxylic acids is 1. The Bertz CT molecular complexity index is 415. The van der Waals surface area contributed by atoms with Crippen LogP contribution in [0.2, 0.25) is 0 Å². The summed E-state index contributed by atoms with van der Waals surface area (Å²) in [6.45, 7) is 4.18. The lowest BCUT2D eigenvalue weighted by molar-refractivity contribution is 0.0319. The summed E-state index contributed by atoms with van der Waals surface area (Å²) in [4.78, 5) is 12.0. The summed E-state index contributed by atoms with van der Waals surface area (Å²) in [5.74, 6) is 0.403. The average Bonchev–Trinajstić information content (AvgIpc) is 2.50. The second-order valence-corrected chi connectivity index (χ2v) is 5.50. The highest BCUT2D eigenvalue weighted by molar-refractivity contribution is 5.89. The molecule has 1 unspecified atom stereocenters. The molecule has 3 heteroatoms. The van der Waals surface area contributed by atoms with E-state index in [1.165, 1.54) is 32.1 Å². The van der Waals surface area contributed by atoms with Gasteiger partial charge in [-0.25, -0.2) is 4.79 Å².